The number of hydrogen-bond acceptors (Lipinski definition) is 5. The molecule has 0 aliphatic heterocycles. The molecule has 0 aliphatic rings. The van der Waals surface area contributed by atoms with Crippen LogP contribution in [0.25, 0.3) is 0 Å². The molecule has 0 bridgehead atoms. The van der Waals surface area contributed by atoms with Gasteiger partial charge in [0.1, 0.15) is 12.2 Å². The molecule has 0 aliphatic carbocycles. The zero-order valence-corrected chi connectivity index (χ0v) is 16.6. The van der Waals surface area contributed by atoms with Crippen LogP contribution in [0.4, 0.5) is 11.4 Å². The van der Waals surface area contributed by atoms with Crippen molar-refractivity contribution in [1.82, 2.24) is 29.3 Å². The Morgan fingerprint density at radius 1 is 1.04 bits per heavy atom. The molecule has 0 fully saturated rings. The van der Waals surface area contributed by atoms with Crippen LogP contribution in [0.3, 0.4) is 0 Å². The Kier molecular flexibility index (Phi) is 5.30. The third-order valence-corrected chi connectivity index (χ3v) is 4.51. The van der Waals surface area contributed by atoms with E-state index in [1.165, 1.54) is 6.20 Å². The normalized spacial score (nSPS) is 10.9. The first-order valence-electron chi connectivity index (χ1n) is 8.96. The van der Waals surface area contributed by atoms with Crippen molar-refractivity contribution < 1.29 is 9.59 Å². The molecular weight excluding hydrogens is 360 g/mol. The summed E-state index contributed by atoms with van der Waals surface area (Å²) in [5.41, 5.74) is 3.81. The van der Waals surface area contributed by atoms with Crippen molar-refractivity contribution in [2.75, 3.05) is 10.6 Å². The second-order valence-electron chi connectivity index (χ2n) is 6.58. The average Bonchev–Trinajstić information content (AvgIpc) is 3.28. The molecule has 2 N–H and O–H groups in total. The van der Waals surface area contributed by atoms with Crippen molar-refractivity contribution in [2.45, 2.75) is 40.8 Å². The number of nitrogens with zero attached hydrogens (tertiary/aromatic N) is 6. The van der Waals surface area contributed by atoms with E-state index in [0.29, 0.717) is 17.9 Å². The Hall–Kier alpha value is -3.43. The zero-order chi connectivity index (χ0) is 20.4. The predicted molar refractivity (Wildman–Crippen MR) is 104 cm³/mol. The zero-order valence-electron chi connectivity index (χ0n) is 16.6. The van der Waals surface area contributed by atoms with Crippen molar-refractivity contribution in [3.05, 3.63) is 41.2 Å². The highest BCUT2D eigenvalue weighted by molar-refractivity contribution is 6.09. The molecule has 3 aromatic rings. The summed E-state index contributed by atoms with van der Waals surface area (Å²) >= 11 is 0. The molecular formula is C18H24N8O2. The van der Waals surface area contributed by atoms with Gasteiger partial charge in [-0.15, -0.1) is 0 Å². The summed E-state index contributed by atoms with van der Waals surface area (Å²) in [5.74, 6) is -0.648. The second kappa shape index (κ2) is 7.67. The maximum Gasteiger partial charge on any atom is 0.276 e. The van der Waals surface area contributed by atoms with Crippen LogP contribution in [0.2, 0.25) is 0 Å². The van der Waals surface area contributed by atoms with Crippen LogP contribution in [0.5, 0.6) is 0 Å². The average molecular weight is 384 g/mol. The molecule has 0 atom stereocenters. The van der Waals surface area contributed by atoms with Gasteiger partial charge in [-0.1, -0.05) is 0 Å². The van der Waals surface area contributed by atoms with Crippen LogP contribution in [0, 0.1) is 20.8 Å². The number of hydrogen-bond donors (Lipinski definition) is 2. The monoisotopic (exact) mass is 384 g/mol. The maximum absolute atomic E-state index is 12.9. The lowest BCUT2D eigenvalue weighted by molar-refractivity contribution is -0.116. The minimum Gasteiger partial charge on any atom is -0.321 e. The van der Waals surface area contributed by atoms with E-state index < -0.39 is 0 Å². The third-order valence-electron chi connectivity index (χ3n) is 4.51. The molecule has 3 heterocycles. The van der Waals surface area contributed by atoms with Gasteiger partial charge in [0.25, 0.3) is 5.91 Å². The number of anilines is 2. The van der Waals surface area contributed by atoms with Gasteiger partial charge in [0.05, 0.1) is 35.2 Å². The van der Waals surface area contributed by atoms with E-state index >= 15 is 0 Å². The van der Waals surface area contributed by atoms with E-state index in [1.54, 1.807) is 27.3 Å². The van der Waals surface area contributed by atoms with Crippen LogP contribution in [0.1, 0.15) is 34.5 Å². The standard InChI is InChI=1S/C18H24N8O2/c1-6-25-17(18(28)22-14-8-19-24(5)13(14)4)15(9-20-25)21-16(27)10-26-12(3)7-11(2)23-26/h7-9H,6,10H2,1-5H3,(H,21,27)(H,22,28). The van der Waals surface area contributed by atoms with E-state index in [9.17, 15) is 9.59 Å². The van der Waals surface area contributed by atoms with Crippen molar-refractivity contribution in [3.63, 3.8) is 0 Å². The fraction of sp³-hybridized carbons (Fsp3) is 0.389. The van der Waals surface area contributed by atoms with Gasteiger partial charge < -0.3 is 10.6 Å². The van der Waals surface area contributed by atoms with Crippen LogP contribution in [0.15, 0.2) is 18.5 Å². The lowest BCUT2D eigenvalue weighted by Crippen LogP contribution is -2.24. The van der Waals surface area contributed by atoms with Gasteiger partial charge in [-0.3, -0.25) is 23.6 Å². The Labute approximate surface area is 162 Å². The lowest BCUT2D eigenvalue weighted by Gasteiger charge is -2.10. The molecule has 28 heavy (non-hydrogen) atoms. The van der Waals surface area contributed by atoms with Crippen LogP contribution in [-0.4, -0.2) is 41.2 Å². The van der Waals surface area contributed by atoms with Gasteiger partial charge in [-0.2, -0.15) is 15.3 Å². The molecule has 0 spiro atoms. The predicted octanol–water partition coefficient (Wildman–Crippen LogP) is 1.65. The van der Waals surface area contributed by atoms with E-state index in [4.69, 9.17) is 0 Å². The summed E-state index contributed by atoms with van der Waals surface area (Å²) in [6.07, 6.45) is 3.06. The topological polar surface area (TPSA) is 112 Å². The SMILES string of the molecule is CCn1ncc(NC(=O)Cn2nc(C)cc2C)c1C(=O)Nc1cnn(C)c1C. The van der Waals surface area contributed by atoms with Crippen molar-refractivity contribution in [3.8, 4) is 0 Å². The molecule has 3 aromatic heterocycles. The van der Waals surface area contributed by atoms with Gasteiger partial charge >= 0.3 is 0 Å². The number of amides is 2. The Balaban J connectivity index is 1.79. The van der Waals surface area contributed by atoms with E-state index in [0.717, 1.165) is 17.1 Å². The van der Waals surface area contributed by atoms with Gasteiger partial charge in [0.15, 0.2) is 0 Å². The summed E-state index contributed by atoms with van der Waals surface area (Å²) in [6.45, 7) is 8.03. The fourth-order valence-corrected chi connectivity index (χ4v) is 2.92. The molecule has 3 rings (SSSR count). The fourth-order valence-electron chi connectivity index (χ4n) is 2.92. The summed E-state index contributed by atoms with van der Waals surface area (Å²) in [7, 11) is 1.80. The van der Waals surface area contributed by atoms with E-state index in [2.05, 4.69) is 25.9 Å². The molecule has 0 saturated carbocycles. The number of carbonyl (C=O) groups is 2. The van der Waals surface area contributed by atoms with Crippen LogP contribution < -0.4 is 10.6 Å². The molecule has 10 heteroatoms. The van der Waals surface area contributed by atoms with Gasteiger partial charge in [0.2, 0.25) is 5.91 Å². The van der Waals surface area contributed by atoms with Crippen molar-refractivity contribution in [1.29, 1.82) is 0 Å². The van der Waals surface area contributed by atoms with Gasteiger partial charge in [0, 0.05) is 19.3 Å². The number of aromatic nitrogens is 6. The Morgan fingerprint density at radius 2 is 1.75 bits per heavy atom. The summed E-state index contributed by atoms with van der Waals surface area (Å²) in [4.78, 5) is 25.3. The molecule has 0 unspecified atom stereocenters. The first-order valence-corrected chi connectivity index (χ1v) is 8.96. The van der Waals surface area contributed by atoms with Gasteiger partial charge in [-0.05, 0) is 33.8 Å². The first kappa shape index (κ1) is 19.3. The molecule has 0 aromatic carbocycles. The maximum atomic E-state index is 12.9. The Bertz CT molecular complexity index is 1030. The number of rotatable bonds is 6. The van der Waals surface area contributed by atoms with Crippen molar-refractivity contribution in [2.24, 2.45) is 7.05 Å². The highest BCUT2D eigenvalue weighted by Gasteiger charge is 2.21. The Morgan fingerprint density at radius 3 is 2.32 bits per heavy atom. The molecule has 0 saturated heterocycles. The van der Waals surface area contributed by atoms with Crippen LogP contribution in [-0.2, 0) is 24.9 Å². The molecule has 148 valence electrons. The quantitative estimate of drug-likeness (QED) is 0.671. The largest absolute Gasteiger partial charge is 0.321 e. The second-order valence-corrected chi connectivity index (χ2v) is 6.58. The van der Waals surface area contributed by atoms with Crippen molar-refractivity contribution >= 4 is 23.2 Å². The summed E-state index contributed by atoms with van der Waals surface area (Å²) in [6, 6.07) is 1.90. The van der Waals surface area contributed by atoms with Gasteiger partial charge in [-0.25, -0.2) is 0 Å². The summed E-state index contributed by atoms with van der Waals surface area (Å²) < 4.78 is 4.83. The highest BCUT2D eigenvalue weighted by atomic mass is 16.2. The third kappa shape index (κ3) is 3.80. The smallest absolute Gasteiger partial charge is 0.276 e. The number of nitrogens with one attached hydrogen (secondary N) is 2. The number of aryl methyl sites for hydroxylation is 4. The summed E-state index contributed by atoms with van der Waals surface area (Å²) in [5, 5.41) is 18.2. The minimum atomic E-state index is -0.364. The molecule has 0 radical (unpaired) electrons. The lowest BCUT2D eigenvalue weighted by atomic mass is 10.3. The van der Waals surface area contributed by atoms with E-state index in [-0.39, 0.29) is 24.1 Å². The first-order chi connectivity index (χ1) is 13.3. The van der Waals surface area contributed by atoms with Crippen LogP contribution >= 0.6 is 0 Å². The van der Waals surface area contributed by atoms with E-state index in [1.807, 2.05) is 33.8 Å². The number of carbonyl (C=O) groups excluding carboxylic acids is 2. The minimum absolute atomic E-state index is 0.0553. The molecule has 10 nitrogen and oxygen atoms in total. The molecule has 2 amide bonds. The highest BCUT2D eigenvalue weighted by Crippen LogP contribution is 2.19.